The summed E-state index contributed by atoms with van der Waals surface area (Å²) in [4.78, 5) is 20.6. The van der Waals surface area contributed by atoms with Crippen molar-refractivity contribution in [3.05, 3.63) is 57.6 Å². The number of rotatable bonds is 6. The Kier molecular flexibility index (Phi) is 6.22. The average Bonchev–Trinajstić information content (AvgIpc) is 3.54. The zero-order valence-electron chi connectivity index (χ0n) is 18.0. The molecular weight excluding hydrogens is 508 g/mol. The molecule has 4 heterocycles. The number of halogens is 1. The van der Waals surface area contributed by atoms with Gasteiger partial charge in [-0.15, -0.1) is 5.10 Å². The molecule has 4 aromatic rings. The van der Waals surface area contributed by atoms with Crippen LogP contribution < -0.4 is 0 Å². The summed E-state index contributed by atoms with van der Waals surface area (Å²) in [6.07, 6.45) is 3.24. The van der Waals surface area contributed by atoms with Crippen LogP contribution in [0.15, 0.2) is 51.6 Å². The molecule has 33 heavy (non-hydrogen) atoms. The molecule has 1 aromatic carbocycles. The van der Waals surface area contributed by atoms with Crippen LogP contribution in [0.25, 0.3) is 16.5 Å². The van der Waals surface area contributed by atoms with Crippen LogP contribution in [-0.4, -0.2) is 50.3 Å². The number of thiazole rings is 1. The quantitative estimate of drug-likeness (QED) is 0.355. The number of hydrogen-bond donors (Lipinski definition) is 1. The lowest BCUT2D eigenvalue weighted by Gasteiger charge is -2.37. The Bertz CT molecular complexity index is 1270. The molecule has 1 fully saturated rings. The van der Waals surface area contributed by atoms with Crippen LogP contribution in [0.2, 0.25) is 0 Å². The molecule has 5 rings (SSSR count). The van der Waals surface area contributed by atoms with Crippen LogP contribution in [0.1, 0.15) is 36.2 Å². The molecule has 0 aliphatic carbocycles. The van der Waals surface area contributed by atoms with Crippen LogP contribution in [-0.2, 0) is 9.53 Å². The normalized spacial score (nSPS) is 17.9. The average molecular weight is 531 g/mol. The number of benzene rings is 1. The van der Waals surface area contributed by atoms with Crippen molar-refractivity contribution in [2.75, 3.05) is 19.7 Å². The minimum atomic E-state index is -0.250. The zero-order chi connectivity index (χ0) is 22.9. The minimum absolute atomic E-state index is 0.0449. The first kappa shape index (κ1) is 22.1. The van der Waals surface area contributed by atoms with E-state index in [9.17, 15) is 9.90 Å². The minimum Gasteiger partial charge on any atom is -0.492 e. The fraction of sp³-hybridized carbons (Fsp3) is 0.348. The molecule has 0 amide bonds. The summed E-state index contributed by atoms with van der Waals surface area (Å²) in [7, 11) is 0. The van der Waals surface area contributed by atoms with Gasteiger partial charge in [0.15, 0.2) is 5.76 Å². The maximum Gasteiger partial charge on any atom is 0.310 e. The Morgan fingerprint density at radius 2 is 2.27 bits per heavy atom. The van der Waals surface area contributed by atoms with E-state index in [-0.39, 0.29) is 23.8 Å². The van der Waals surface area contributed by atoms with E-state index >= 15 is 0 Å². The molecule has 0 saturated carbocycles. The monoisotopic (exact) mass is 530 g/mol. The molecule has 1 aliphatic heterocycles. The second kappa shape index (κ2) is 9.28. The smallest absolute Gasteiger partial charge is 0.310 e. The number of aromatic hydroxyl groups is 1. The van der Waals surface area contributed by atoms with Crippen LogP contribution in [0.3, 0.4) is 0 Å². The Balaban J connectivity index is 1.55. The second-order valence-corrected chi connectivity index (χ2v) is 9.87. The highest BCUT2D eigenvalue weighted by atomic mass is 79.9. The van der Waals surface area contributed by atoms with Gasteiger partial charge in [0.2, 0.25) is 16.7 Å². The van der Waals surface area contributed by atoms with Crippen LogP contribution in [0.4, 0.5) is 0 Å². The van der Waals surface area contributed by atoms with E-state index in [2.05, 4.69) is 30.9 Å². The van der Waals surface area contributed by atoms with E-state index in [1.54, 1.807) is 18.4 Å². The molecule has 0 spiro atoms. The highest BCUT2D eigenvalue weighted by Crippen LogP contribution is 2.42. The standard InChI is InChI=1S/C23H23BrN4O4S/c1-2-31-22(30)15-7-4-10-27(13-15)18(14-6-3-8-16(24)12-14)19-21(29)28-23(33-19)25-20(26-28)17-9-5-11-32-17/h3,5-6,8-9,11-12,15,18,29H,2,4,7,10,13H2,1H3/t15-,18+/m1/s1. The molecule has 172 valence electrons. The Hall–Kier alpha value is -2.69. The summed E-state index contributed by atoms with van der Waals surface area (Å²) < 4.78 is 13.1. The largest absolute Gasteiger partial charge is 0.492 e. The summed E-state index contributed by atoms with van der Waals surface area (Å²) in [5.74, 6) is 0.660. The van der Waals surface area contributed by atoms with Gasteiger partial charge in [-0.05, 0) is 56.1 Å². The summed E-state index contributed by atoms with van der Waals surface area (Å²) in [5.41, 5.74) is 1.01. The number of likely N-dealkylation sites (tertiary alicyclic amines) is 1. The van der Waals surface area contributed by atoms with Crippen LogP contribution >= 0.6 is 27.3 Å². The predicted molar refractivity (Wildman–Crippen MR) is 127 cm³/mol. The lowest BCUT2D eigenvalue weighted by Crippen LogP contribution is -2.41. The van der Waals surface area contributed by atoms with Gasteiger partial charge in [0, 0.05) is 11.0 Å². The summed E-state index contributed by atoms with van der Waals surface area (Å²) >= 11 is 4.96. The van der Waals surface area contributed by atoms with Crippen LogP contribution in [0, 0.1) is 5.92 Å². The molecular formula is C23H23BrN4O4S. The van der Waals surface area contributed by atoms with E-state index in [1.807, 2.05) is 31.2 Å². The first-order valence-corrected chi connectivity index (χ1v) is 12.4. The fourth-order valence-corrected chi connectivity index (χ4v) is 5.87. The van der Waals surface area contributed by atoms with Gasteiger partial charge in [0.05, 0.1) is 29.7 Å². The molecule has 1 saturated heterocycles. The van der Waals surface area contributed by atoms with Gasteiger partial charge in [-0.1, -0.05) is 39.4 Å². The number of hydrogen-bond acceptors (Lipinski definition) is 8. The summed E-state index contributed by atoms with van der Waals surface area (Å²) in [6.45, 7) is 3.56. The molecule has 3 aromatic heterocycles. The number of carbonyl (C=O) groups is 1. The molecule has 0 radical (unpaired) electrons. The molecule has 1 N–H and O–H groups in total. The van der Waals surface area contributed by atoms with Crippen molar-refractivity contribution in [2.24, 2.45) is 5.92 Å². The van der Waals surface area contributed by atoms with Crippen molar-refractivity contribution in [3.63, 3.8) is 0 Å². The van der Waals surface area contributed by atoms with E-state index < -0.39 is 0 Å². The summed E-state index contributed by atoms with van der Waals surface area (Å²) in [6, 6.07) is 11.3. The highest BCUT2D eigenvalue weighted by Gasteiger charge is 2.35. The van der Waals surface area contributed by atoms with E-state index in [0.717, 1.165) is 34.3 Å². The number of fused-ring (bicyclic) bond motifs is 1. The van der Waals surface area contributed by atoms with E-state index in [1.165, 1.54) is 15.9 Å². The molecule has 10 heteroatoms. The molecule has 1 aliphatic rings. The number of aromatic nitrogens is 3. The maximum absolute atomic E-state index is 12.5. The van der Waals surface area contributed by atoms with Crippen molar-refractivity contribution in [1.82, 2.24) is 19.5 Å². The van der Waals surface area contributed by atoms with Gasteiger partial charge in [0.25, 0.3) is 0 Å². The van der Waals surface area contributed by atoms with E-state index in [0.29, 0.717) is 29.7 Å². The summed E-state index contributed by atoms with van der Waals surface area (Å²) in [5, 5.41) is 15.7. The number of piperidine rings is 1. The highest BCUT2D eigenvalue weighted by molar-refractivity contribution is 9.10. The number of furan rings is 1. The number of esters is 1. The lowest BCUT2D eigenvalue weighted by molar-refractivity contribution is -0.150. The zero-order valence-corrected chi connectivity index (χ0v) is 20.4. The molecule has 8 nitrogen and oxygen atoms in total. The maximum atomic E-state index is 12.5. The van der Waals surface area contributed by atoms with Gasteiger partial charge in [-0.25, -0.2) is 0 Å². The Morgan fingerprint density at radius 1 is 1.39 bits per heavy atom. The fourth-order valence-electron chi connectivity index (χ4n) is 4.34. The topological polar surface area (TPSA) is 93.1 Å². The number of nitrogens with zero attached hydrogens (tertiary/aromatic N) is 4. The number of ether oxygens (including phenoxy) is 1. The third-order valence-corrected chi connectivity index (χ3v) is 7.36. The Labute approximate surface area is 202 Å². The van der Waals surface area contributed by atoms with Crippen molar-refractivity contribution in [1.29, 1.82) is 0 Å². The first-order valence-electron chi connectivity index (χ1n) is 10.8. The van der Waals surface area contributed by atoms with Gasteiger partial charge < -0.3 is 14.3 Å². The van der Waals surface area contributed by atoms with Gasteiger partial charge in [0.1, 0.15) is 0 Å². The SMILES string of the molecule is CCOC(=O)[C@@H]1CCCN([C@@H](c2cccc(Br)c2)c2sc3nc(-c4ccco4)nn3c2O)C1. The Morgan fingerprint density at radius 3 is 3.00 bits per heavy atom. The van der Waals surface area contributed by atoms with Crippen molar-refractivity contribution < 1.29 is 19.1 Å². The van der Waals surface area contributed by atoms with E-state index in [4.69, 9.17) is 9.15 Å². The third kappa shape index (κ3) is 4.30. The molecule has 0 unspecified atom stereocenters. The second-order valence-electron chi connectivity index (χ2n) is 7.94. The predicted octanol–water partition coefficient (Wildman–Crippen LogP) is 4.88. The molecule has 2 atom stereocenters. The van der Waals surface area contributed by atoms with Gasteiger partial charge in [-0.2, -0.15) is 9.50 Å². The first-order chi connectivity index (χ1) is 16.0. The van der Waals surface area contributed by atoms with Crippen molar-refractivity contribution in [3.8, 4) is 17.5 Å². The van der Waals surface area contributed by atoms with Crippen molar-refractivity contribution >= 4 is 38.2 Å². The molecule has 0 bridgehead atoms. The lowest BCUT2D eigenvalue weighted by atomic mass is 9.94. The number of carbonyl (C=O) groups excluding carboxylic acids is 1. The third-order valence-electron chi connectivity index (χ3n) is 5.79. The van der Waals surface area contributed by atoms with Gasteiger partial charge >= 0.3 is 5.97 Å². The van der Waals surface area contributed by atoms with Crippen LogP contribution in [0.5, 0.6) is 5.88 Å². The van der Waals surface area contributed by atoms with Gasteiger partial charge in [-0.3, -0.25) is 9.69 Å². The van der Waals surface area contributed by atoms with Crippen molar-refractivity contribution in [2.45, 2.75) is 25.8 Å².